The minimum Gasteiger partial charge on any atom is -1.00 e. The van der Waals surface area contributed by atoms with Gasteiger partial charge in [-0.25, -0.2) is 0 Å². The van der Waals surface area contributed by atoms with Gasteiger partial charge in [-0.15, -0.1) is 0 Å². The van der Waals surface area contributed by atoms with E-state index in [2.05, 4.69) is 5.43 Å². The maximum atomic E-state index is 8.44. The molecule has 58 valence electrons. The molecule has 0 aliphatic rings. The summed E-state index contributed by atoms with van der Waals surface area (Å²) in [5, 5.41) is 8.44. The summed E-state index contributed by atoms with van der Waals surface area (Å²) in [4.78, 5) is 0. The first-order valence-electron chi connectivity index (χ1n) is 2.83. The number of anilines is 1. The van der Waals surface area contributed by atoms with Crippen LogP contribution >= 0.6 is 0 Å². The van der Waals surface area contributed by atoms with E-state index in [1.54, 1.807) is 24.3 Å². The first kappa shape index (κ1) is 9.76. The Kier molecular flexibility index (Phi) is 4.04. The number of hydrogen-bond acceptors (Lipinski definition) is 3. The second-order valence-corrected chi connectivity index (χ2v) is 1.84. The zero-order valence-corrected chi connectivity index (χ0v) is 6.47. The van der Waals surface area contributed by atoms with Crippen molar-refractivity contribution in [2.75, 3.05) is 5.43 Å². The molecular formula is C7H7ClN3-. The van der Waals surface area contributed by atoms with Crippen LogP contribution in [0.5, 0.6) is 0 Å². The topological polar surface area (TPSA) is 61.8 Å². The van der Waals surface area contributed by atoms with Gasteiger partial charge in [0, 0.05) is 5.69 Å². The van der Waals surface area contributed by atoms with Gasteiger partial charge in [0.1, 0.15) is 0 Å². The van der Waals surface area contributed by atoms with Crippen molar-refractivity contribution in [1.82, 2.24) is 0 Å². The van der Waals surface area contributed by atoms with Crippen molar-refractivity contribution in [3.8, 4) is 6.07 Å². The highest BCUT2D eigenvalue weighted by Crippen LogP contribution is 2.06. The summed E-state index contributed by atoms with van der Waals surface area (Å²) in [6, 6.07) is 8.97. The van der Waals surface area contributed by atoms with Gasteiger partial charge >= 0.3 is 0 Å². The van der Waals surface area contributed by atoms with Crippen LogP contribution in [-0.2, 0) is 0 Å². The molecule has 1 aromatic carbocycles. The van der Waals surface area contributed by atoms with Crippen LogP contribution in [0.2, 0.25) is 0 Å². The number of benzene rings is 1. The summed E-state index contributed by atoms with van der Waals surface area (Å²) in [6.45, 7) is 0. The SMILES string of the molecule is N#Cc1cccc(NN)c1.[Cl-]. The summed E-state index contributed by atoms with van der Waals surface area (Å²) >= 11 is 0. The Morgan fingerprint density at radius 2 is 2.18 bits per heavy atom. The molecule has 0 atom stereocenters. The van der Waals surface area contributed by atoms with E-state index < -0.39 is 0 Å². The van der Waals surface area contributed by atoms with Gasteiger partial charge in [0.25, 0.3) is 0 Å². The molecule has 3 N–H and O–H groups in total. The van der Waals surface area contributed by atoms with E-state index in [1.807, 2.05) is 6.07 Å². The third kappa shape index (κ3) is 2.46. The molecule has 0 heterocycles. The number of halogens is 1. The number of nitriles is 1. The fourth-order valence-corrected chi connectivity index (χ4v) is 0.679. The number of nitrogen functional groups attached to an aromatic ring is 1. The molecule has 0 fully saturated rings. The smallest absolute Gasteiger partial charge is 0.0992 e. The average Bonchev–Trinajstić information content (AvgIpc) is 2.05. The Bertz CT molecular complexity index is 267. The average molecular weight is 169 g/mol. The van der Waals surface area contributed by atoms with Crippen molar-refractivity contribution in [3.05, 3.63) is 29.8 Å². The number of hydrazine groups is 1. The molecule has 0 radical (unpaired) electrons. The predicted molar refractivity (Wildman–Crippen MR) is 39.0 cm³/mol. The van der Waals surface area contributed by atoms with Crippen LogP contribution < -0.4 is 23.7 Å². The minimum atomic E-state index is 0. The third-order valence-corrected chi connectivity index (χ3v) is 1.16. The lowest BCUT2D eigenvalue weighted by molar-refractivity contribution is -0.00000233. The predicted octanol–water partition coefficient (Wildman–Crippen LogP) is -2.15. The highest BCUT2D eigenvalue weighted by Gasteiger charge is 1.89. The molecule has 1 rings (SSSR count). The molecule has 11 heavy (non-hydrogen) atoms. The van der Waals surface area contributed by atoms with E-state index >= 15 is 0 Å². The van der Waals surface area contributed by atoms with Crippen LogP contribution in [-0.4, -0.2) is 0 Å². The van der Waals surface area contributed by atoms with E-state index in [1.165, 1.54) is 0 Å². The molecule has 0 saturated carbocycles. The number of nitrogens with two attached hydrogens (primary N) is 1. The first-order chi connectivity index (χ1) is 4.86. The summed E-state index contributed by atoms with van der Waals surface area (Å²) in [5.74, 6) is 5.11. The highest BCUT2D eigenvalue weighted by atomic mass is 35.5. The maximum absolute atomic E-state index is 8.44. The fourth-order valence-electron chi connectivity index (χ4n) is 0.679. The van der Waals surface area contributed by atoms with Crippen molar-refractivity contribution >= 4 is 5.69 Å². The lowest BCUT2D eigenvalue weighted by atomic mass is 10.2. The zero-order valence-electron chi connectivity index (χ0n) is 5.71. The van der Waals surface area contributed by atoms with Crippen molar-refractivity contribution in [1.29, 1.82) is 5.26 Å². The van der Waals surface area contributed by atoms with Crippen LogP contribution in [0, 0.1) is 11.3 Å². The zero-order chi connectivity index (χ0) is 7.40. The third-order valence-electron chi connectivity index (χ3n) is 1.16. The van der Waals surface area contributed by atoms with E-state index in [0.29, 0.717) is 5.56 Å². The quantitative estimate of drug-likeness (QED) is 0.371. The lowest BCUT2D eigenvalue weighted by Crippen LogP contribution is -3.00. The summed E-state index contributed by atoms with van der Waals surface area (Å²) in [7, 11) is 0. The van der Waals surface area contributed by atoms with Gasteiger partial charge in [-0.05, 0) is 18.2 Å². The maximum Gasteiger partial charge on any atom is 0.0992 e. The number of hydrogen-bond donors (Lipinski definition) is 2. The molecule has 0 bridgehead atoms. The Morgan fingerprint density at radius 3 is 2.73 bits per heavy atom. The van der Waals surface area contributed by atoms with Crippen molar-refractivity contribution in [3.63, 3.8) is 0 Å². The van der Waals surface area contributed by atoms with Crippen molar-refractivity contribution in [2.24, 2.45) is 5.84 Å². The molecule has 1 aromatic rings. The summed E-state index contributed by atoms with van der Waals surface area (Å²) in [5.41, 5.74) is 3.81. The summed E-state index contributed by atoms with van der Waals surface area (Å²) in [6.07, 6.45) is 0. The Morgan fingerprint density at radius 1 is 1.45 bits per heavy atom. The Labute approximate surface area is 71.2 Å². The van der Waals surface area contributed by atoms with Crippen LogP contribution in [0.1, 0.15) is 5.56 Å². The second kappa shape index (κ2) is 4.56. The van der Waals surface area contributed by atoms with E-state index in [0.717, 1.165) is 5.69 Å². The molecule has 0 unspecified atom stereocenters. The lowest BCUT2D eigenvalue weighted by Gasteiger charge is -1.96. The van der Waals surface area contributed by atoms with Gasteiger partial charge in [0.15, 0.2) is 0 Å². The van der Waals surface area contributed by atoms with Gasteiger partial charge in [-0.2, -0.15) is 5.26 Å². The molecule has 0 aliphatic carbocycles. The van der Waals surface area contributed by atoms with Crippen LogP contribution in [0.25, 0.3) is 0 Å². The van der Waals surface area contributed by atoms with E-state index in [4.69, 9.17) is 11.1 Å². The molecule has 4 heteroatoms. The summed E-state index contributed by atoms with van der Waals surface area (Å²) < 4.78 is 0. The second-order valence-electron chi connectivity index (χ2n) is 1.84. The molecule has 0 saturated heterocycles. The highest BCUT2D eigenvalue weighted by molar-refractivity contribution is 5.47. The Balaban J connectivity index is 0.000001000. The molecule has 0 aliphatic heterocycles. The fraction of sp³-hybridized carbons (Fsp3) is 0. The van der Waals surface area contributed by atoms with Crippen LogP contribution in [0.3, 0.4) is 0 Å². The number of nitrogens with zero attached hydrogens (tertiary/aromatic N) is 1. The van der Waals surface area contributed by atoms with Gasteiger partial charge in [-0.3, -0.25) is 5.84 Å². The van der Waals surface area contributed by atoms with E-state index in [9.17, 15) is 0 Å². The van der Waals surface area contributed by atoms with Crippen LogP contribution in [0.15, 0.2) is 24.3 Å². The van der Waals surface area contributed by atoms with Crippen LogP contribution in [0.4, 0.5) is 5.69 Å². The van der Waals surface area contributed by atoms with Crippen molar-refractivity contribution < 1.29 is 12.4 Å². The standard InChI is InChI=1S/C7H7N3.ClH/c8-5-6-2-1-3-7(4-6)10-9;/h1-4,10H,9H2;1H/p-1. The van der Waals surface area contributed by atoms with Gasteiger partial charge in [0.05, 0.1) is 11.6 Å². The van der Waals surface area contributed by atoms with E-state index in [-0.39, 0.29) is 12.4 Å². The van der Waals surface area contributed by atoms with Gasteiger partial charge in [0.2, 0.25) is 0 Å². The minimum absolute atomic E-state index is 0. The van der Waals surface area contributed by atoms with Gasteiger partial charge < -0.3 is 17.8 Å². The van der Waals surface area contributed by atoms with Crippen molar-refractivity contribution in [2.45, 2.75) is 0 Å². The molecule has 0 spiro atoms. The molecule has 0 aromatic heterocycles. The number of rotatable bonds is 1. The monoisotopic (exact) mass is 168 g/mol. The largest absolute Gasteiger partial charge is 1.00 e. The molecular weight excluding hydrogens is 162 g/mol. The Hall–Kier alpha value is -1.24. The molecule has 0 amide bonds. The number of nitrogens with one attached hydrogen (secondary N) is 1. The first-order valence-corrected chi connectivity index (χ1v) is 2.83. The van der Waals surface area contributed by atoms with Gasteiger partial charge in [-0.1, -0.05) is 6.07 Å². The molecule has 3 nitrogen and oxygen atoms in total. The normalized spacial score (nSPS) is 7.64.